The second-order valence-electron chi connectivity index (χ2n) is 9.44. The van der Waals surface area contributed by atoms with Crippen LogP contribution in [0.1, 0.15) is 39.8 Å². The molecule has 2 amide bonds. The van der Waals surface area contributed by atoms with Crippen LogP contribution >= 0.6 is 11.8 Å². The monoisotopic (exact) mass is 588 g/mol. The number of amides is 2. The van der Waals surface area contributed by atoms with Crippen LogP contribution in [0, 0.1) is 5.82 Å². The van der Waals surface area contributed by atoms with Crippen LogP contribution in [0.4, 0.5) is 4.39 Å². The highest BCUT2D eigenvalue weighted by molar-refractivity contribution is 7.99. The second-order valence-corrected chi connectivity index (χ2v) is 10.4. The largest absolute Gasteiger partial charge is 0.497 e. The number of hydrazone groups is 1. The molecule has 42 heavy (non-hydrogen) atoms. The maximum Gasteiger partial charge on any atom is 0.253 e. The highest BCUT2D eigenvalue weighted by atomic mass is 32.2. The number of hydrogen-bond acceptors (Lipinski definition) is 8. The summed E-state index contributed by atoms with van der Waals surface area (Å²) in [4.78, 5) is 26.0. The molecule has 1 atom stereocenters. The molecule has 10 nitrogen and oxygen atoms in total. The average molecular weight is 589 g/mol. The number of methoxy groups -OCH3 is 2. The number of nitrogens with one attached hydrogen (secondary N) is 1. The predicted octanol–water partition coefficient (Wildman–Crippen LogP) is 4.37. The van der Waals surface area contributed by atoms with Crippen molar-refractivity contribution < 1.29 is 23.5 Å². The first-order chi connectivity index (χ1) is 20.4. The number of aromatic nitrogens is 3. The summed E-state index contributed by atoms with van der Waals surface area (Å²) in [6.07, 6.45) is 0.483. The van der Waals surface area contributed by atoms with Crippen LogP contribution in [0.15, 0.2) is 83.1 Å². The Morgan fingerprint density at radius 2 is 1.60 bits per heavy atom. The molecule has 1 aliphatic rings. The number of hydrogen-bond donors (Lipinski definition) is 1. The Morgan fingerprint density at radius 1 is 0.952 bits per heavy atom. The molecule has 0 spiro atoms. The summed E-state index contributed by atoms with van der Waals surface area (Å²) in [6, 6.07) is 20.0. The lowest BCUT2D eigenvalue weighted by Crippen LogP contribution is -2.28. The van der Waals surface area contributed by atoms with Gasteiger partial charge in [0.15, 0.2) is 11.0 Å². The third-order valence-electron chi connectivity index (χ3n) is 6.85. The van der Waals surface area contributed by atoms with Crippen molar-refractivity contribution in [1.29, 1.82) is 0 Å². The Labute approximate surface area is 246 Å². The summed E-state index contributed by atoms with van der Waals surface area (Å²) < 4.78 is 25.8. The molecule has 2 heterocycles. The molecular formula is C30H29FN6O4S. The molecule has 216 valence electrons. The second kappa shape index (κ2) is 12.9. The van der Waals surface area contributed by atoms with Crippen LogP contribution in [0.25, 0.3) is 0 Å². The number of rotatable bonds is 10. The lowest BCUT2D eigenvalue weighted by atomic mass is 9.98. The van der Waals surface area contributed by atoms with Gasteiger partial charge in [0.2, 0.25) is 0 Å². The number of carbonyl (C=O) groups excluding carboxylic acids is 2. The zero-order valence-electron chi connectivity index (χ0n) is 23.3. The SMILES string of the molecule is COc1ccc(C(=O)NCc2nnc(SCC(=O)N3N=C(c4ccc(OC)cc4)CC3c3ccc(F)cc3)n2C)cc1. The fourth-order valence-electron chi connectivity index (χ4n) is 4.46. The third-order valence-corrected chi connectivity index (χ3v) is 7.86. The normalized spacial score (nSPS) is 14.4. The van der Waals surface area contributed by atoms with Gasteiger partial charge in [-0.25, -0.2) is 9.40 Å². The van der Waals surface area contributed by atoms with Gasteiger partial charge in [-0.15, -0.1) is 10.2 Å². The average Bonchev–Trinajstić information content (AvgIpc) is 3.63. The predicted molar refractivity (Wildman–Crippen MR) is 156 cm³/mol. The first kappa shape index (κ1) is 28.8. The van der Waals surface area contributed by atoms with Gasteiger partial charge in [0, 0.05) is 19.0 Å². The Kier molecular flexibility index (Phi) is 8.82. The van der Waals surface area contributed by atoms with Gasteiger partial charge in [-0.2, -0.15) is 5.10 Å². The van der Waals surface area contributed by atoms with Gasteiger partial charge in [0.05, 0.1) is 38.3 Å². The van der Waals surface area contributed by atoms with Crippen LogP contribution in [0.5, 0.6) is 11.5 Å². The number of thioether (sulfide) groups is 1. The van der Waals surface area contributed by atoms with Gasteiger partial charge in [0.1, 0.15) is 17.3 Å². The maximum absolute atomic E-state index is 13.6. The molecule has 1 aromatic heterocycles. The van der Waals surface area contributed by atoms with Crippen molar-refractivity contribution in [3.8, 4) is 11.5 Å². The fraction of sp³-hybridized carbons (Fsp3) is 0.233. The molecule has 0 radical (unpaired) electrons. The quantitative estimate of drug-likeness (QED) is 0.274. The van der Waals surface area contributed by atoms with E-state index in [0.717, 1.165) is 22.6 Å². The van der Waals surface area contributed by atoms with Crippen molar-refractivity contribution in [2.24, 2.45) is 12.1 Å². The van der Waals surface area contributed by atoms with Crippen LogP contribution in [-0.2, 0) is 18.4 Å². The molecule has 0 saturated heterocycles. The van der Waals surface area contributed by atoms with Gasteiger partial charge in [-0.3, -0.25) is 9.59 Å². The third kappa shape index (κ3) is 6.44. The molecule has 1 N–H and O–H groups in total. The van der Waals surface area contributed by atoms with Crippen molar-refractivity contribution in [1.82, 2.24) is 25.1 Å². The van der Waals surface area contributed by atoms with E-state index in [1.165, 1.54) is 28.9 Å². The van der Waals surface area contributed by atoms with Crippen LogP contribution in [-0.4, -0.2) is 57.3 Å². The van der Waals surface area contributed by atoms with E-state index in [4.69, 9.17) is 9.47 Å². The molecule has 3 aromatic carbocycles. The summed E-state index contributed by atoms with van der Waals surface area (Å²) in [6.45, 7) is 0.164. The Bertz CT molecular complexity index is 1590. The van der Waals surface area contributed by atoms with Gasteiger partial charge in [-0.05, 0) is 71.8 Å². The van der Waals surface area contributed by atoms with Crippen molar-refractivity contribution in [2.75, 3.05) is 20.0 Å². The zero-order chi connectivity index (χ0) is 29.6. The molecule has 12 heteroatoms. The van der Waals surface area contributed by atoms with Crippen molar-refractivity contribution in [2.45, 2.75) is 24.2 Å². The van der Waals surface area contributed by atoms with Gasteiger partial charge >= 0.3 is 0 Å². The molecular weight excluding hydrogens is 559 g/mol. The zero-order valence-corrected chi connectivity index (χ0v) is 24.1. The lowest BCUT2D eigenvalue weighted by Gasteiger charge is -2.22. The van der Waals surface area contributed by atoms with Gasteiger partial charge in [0.25, 0.3) is 11.8 Å². The minimum absolute atomic E-state index is 0.0568. The highest BCUT2D eigenvalue weighted by Crippen LogP contribution is 2.34. The van der Waals surface area contributed by atoms with E-state index in [2.05, 4.69) is 20.6 Å². The minimum Gasteiger partial charge on any atom is -0.497 e. The van der Waals surface area contributed by atoms with E-state index in [1.807, 2.05) is 24.3 Å². The Morgan fingerprint density at radius 3 is 2.24 bits per heavy atom. The summed E-state index contributed by atoms with van der Waals surface area (Å²) in [5, 5.41) is 17.9. The fourth-order valence-corrected chi connectivity index (χ4v) is 5.25. The smallest absolute Gasteiger partial charge is 0.253 e. The standard InChI is InChI=1S/C30H29FN6O4S/c1-36-27(17-32-29(39)21-8-14-24(41-3)15-9-21)33-34-30(36)42-18-28(38)37-26(20-4-10-22(31)11-5-20)16-25(35-37)19-6-12-23(40-2)13-7-19/h4-15,26H,16-18H2,1-3H3,(H,32,39). The highest BCUT2D eigenvalue weighted by Gasteiger charge is 2.33. The molecule has 1 aliphatic heterocycles. The minimum atomic E-state index is -0.376. The van der Waals surface area contributed by atoms with E-state index >= 15 is 0 Å². The van der Waals surface area contributed by atoms with E-state index in [-0.39, 0.29) is 36.0 Å². The summed E-state index contributed by atoms with van der Waals surface area (Å²) in [7, 11) is 4.94. The van der Waals surface area contributed by atoms with E-state index in [9.17, 15) is 14.0 Å². The molecule has 5 rings (SSSR count). The molecule has 0 saturated carbocycles. The lowest BCUT2D eigenvalue weighted by molar-refractivity contribution is -0.130. The number of carbonyl (C=O) groups is 2. The molecule has 4 aromatic rings. The first-order valence-corrected chi connectivity index (χ1v) is 14.1. The number of ether oxygens (including phenoxy) is 2. The van der Waals surface area contributed by atoms with Crippen molar-refractivity contribution >= 4 is 29.3 Å². The van der Waals surface area contributed by atoms with Gasteiger partial charge in [-0.1, -0.05) is 23.9 Å². The van der Waals surface area contributed by atoms with Crippen LogP contribution in [0.3, 0.4) is 0 Å². The number of benzene rings is 3. The topological polar surface area (TPSA) is 111 Å². The summed E-state index contributed by atoms with van der Waals surface area (Å²) in [5.41, 5.74) is 2.91. The molecule has 0 aliphatic carbocycles. The van der Waals surface area contributed by atoms with Crippen LogP contribution in [0.2, 0.25) is 0 Å². The van der Waals surface area contributed by atoms with Crippen molar-refractivity contribution in [3.05, 3.63) is 101 Å². The van der Waals surface area contributed by atoms with Crippen LogP contribution < -0.4 is 14.8 Å². The molecule has 0 bridgehead atoms. The Hall–Kier alpha value is -4.71. The van der Waals surface area contributed by atoms with E-state index in [0.29, 0.717) is 28.7 Å². The Balaban J connectivity index is 1.25. The number of nitrogens with zero attached hydrogens (tertiary/aromatic N) is 5. The number of halogens is 1. The first-order valence-electron chi connectivity index (χ1n) is 13.1. The van der Waals surface area contributed by atoms with E-state index < -0.39 is 0 Å². The molecule has 0 fully saturated rings. The van der Waals surface area contributed by atoms with Gasteiger partial charge < -0.3 is 19.4 Å². The molecule has 1 unspecified atom stereocenters. The maximum atomic E-state index is 13.6. The summed E-state index contributed by atoms with van der Waals surface area (Å²) >= 11 is 1.22. The summed E-state index contributed by atoms with van der Waals surface area (Å²) in [5.74, 6) is 1.15. The van der Waals surface area contributed by atoms with E-state index in [1.54, 1.807) is 62.2 Å². The van der Waals surface area contributed by atoms with Crippen molar-refractivity contribution in [3.63, 3.8) is 0 Å².